The van der Waals surface area contributed by atoms with Crippen LogP contribution in [0.4, 0.5) is 0 Å². The van der Waals surface area contributed by atoms with Crippen molar-refractivity contribution in [2.75, 3.05) is 12.9 Å². The van der Waals surface area contributed by atoms with Gasteiger partial charge in [-0.2, -0.15) is 5.26 Å². The van der Waals surface area contributed by atoms with E-state index < -0.39 is 21.1 Å². The molecule has 0 aliphatic carbocycles. The molecule has 1 unspecified atom stereocenters. The van der Waals surface area contributed by atoms with Crippen LogP contribution in [0.2, 0.25) is 0 Å². The van der Waals surface area contributed by atoms with Gasteiger partial charge in [0.15, 0.2) is 9.84 Å². The summed E-state index contributed by atoms with van der Waals surface area (Å²) in [7, 11) is -3.67. The van der Waals surface area contributed by atoms with E-state index in [1.54, 1.807) is 0 Å². The van der Waals surface area contributed by atoms with Crippen LogP contribution in [0.1, 0.15) is 6.92 Å². The maximum atomic E-state index is 10.8. The Hall–Kier alpha value is -1.09. The zero-order chi connectivity index (χ0) is 9.78. The summed E-state index contributed by atoms with van der Waals surface area (Å²) in [4.78, 5) is 10.8. The molecule has 6 heteroatoms. The zero-order valence-electron chi connectivity index (χ0n) is 6.77. The van der Waals surface area contributed by atoms with Crippen LogP contribution >= 0.6 is 0 Å². The average Bonchev–Trinajstić information content (AvgIpc) is 1.85. The number of nitrogens with zero attached hydrogens (tertiary/aromatic N) is 1. The number of carbonyl (C=O) groups is 1. The molecule has 0 heterocycles. The van der Waals surface area contributed by atoms with Gasteiger partial charge < -0.3 is 4.74 Å². The summed E-state index contributed by atoms with van der Waals surface area (Å²) in [6.45, 7) is 1.60. The van der Waals surface area contributed by atoms with Gasteiger partial charge in [0.2, 0.25) is 5.25 Å². The Morgan fingerprint density at radius 2 is 2.17 bits per heavy atom. The highest BCUT2D eigenvalue weighted by Gasteiger charge is 2.29. The molecule has 0 aromatic heterocycles. The summed E-state index contributed by atoms with van der Waals surface area (Å²) in [5.41, 5.74) is 0. The number of nitriles is 1. The molecule has 0 aliphatic rings. The second kappa shape index (κ2) is 4.07. The van der Waals surface area contributed by atoms with Gasteiger partial charge in [0.05, 0.1) is 12.7 Å². The van der Waals surface area contributed by atoms with Gasteiger partial charge in [-0.25, -0.2) is 13.2 Å². The lowest BCUT2D eigenvalue weighted by atomic mass is 10.5. The SMILES string of the molecule is CCOC(=O)C(C#N)S(C)(=O)=O. The highest BCUT2D eigenvalue weighted by atomic mass is 32.2. The first-order valence-electron chi connectivity index (χ1n) is 3.18. The molecule has 0 saturated carbocycles. The van der Waals surface area contributed by atoms with E-state index in [-0.39, 0.29) is 6.61 Å². The number of sulfone groups is 1. The van der Waals surface area contributed by atoms with Gasteiger partial charge in [0.25, 0.3) is 0 Å². The number of carbonyl (C=O) groups excluding carboxylic acids is 1. The number of ether oxygens (including phenoxy) is 1. The van der Waals surface area contributed by atoms with E-state index in [4.69, 9.17) is 5.26 Å². The first-order chi connectivity index (χ1) is 5.43. The Kier molecular flexibility index (Phi) is 3.70. The van der Waals surface area contributed by atoms with E-state index in [9.17, 15) is 13.2 Å². The summed E-state index contributed by atoms with van der Waals surface area (Å²) in [6, 6.07) is 1.36. The molecule has 0 radical (unpaired) electrons. The molecule has 0 fully saturated rings. The summed E-state index contributed by atoms with van der Waals surface area (Å²) in [6.07, 6.45) is 0.817. The van der Waals surface area contributed by atoms with E-state index in [2.05, 4.69) is 4.74 Å². The van der Waals surface area contributed by atoms with Crippen molar-refractivity contribution in [3.63, 3.8) is 0 Å². The first-order valence-corrected chi connectivity index (χ1v) is 5.14. The van der Waals surface area contributed by atoms with Crippen LogP contribution in [-0.4, -0.2) is 32.5 Å². The maximum Gasteiger partial charge on any atom is 0.339 e. The number of hydrogen-bond donors (Lipinski definition) is 0. The predicted octanol–water partition coefficient (Wildman–Crippen LogP) is -0.514. The molecule has 0 bridgehead atoms. The second-order valence-corrected chi connectivity index (χ2v) is 4.22. The van der Waals surface area contributed by atoms with Crippen molar-refractivity contribution >= 4 is 15.8 Å². The normalized spacial score (nSPS) is 13.1. The molecule has 0 aromatic carbocycles. The fourth-order valence-electron chi connectivity index (χ4n) is 0.541. The molecule has 0 N–H and O–H groups in total. The van der Waals surface area contributed by atoms with Crippen molar-refractivity contribution in [1.82, 2.24) is 0 Å². The lowest BCUT2D eigenvalue weighted by molar-refractivity contribution is -0.141. The summed E-state index contributed by atoms with van der Waals surface area (Å²) in [5.74, 6) is -1.01. The van der Waals surface area contributed by atoms with Crippen LogP contribution in [-0.2, 0) is 19.4 Å². The van der Waals surface area contributed by atoms with Gasteiger partial charge in [-0.1, -0.05) is 0 Å². The molecule has 0 spiro atoms. The van der Waals surface area contributed by atoms with Crippen molar-refractivity contribution in [1.29, 1.82) is 5.26 Å². The number of esters is 1. The van der Waals surface area contributed by atoms with Crippen LogP contribution in [0.25, 0.3) is 0 Å². The van der Waals surface area contributed by atoms with Crippen molar-refractivity contribution in [3.05, 3.63) is 0 Å². The Bertz CT molecular complexity index is 300. The standard InChI is InChI=1S/C6H9NO4S/c1-3-11-6(8)5(4-7)12(2,9)10/h5H,3H2,1-2H3. The van der Waals surface area contributed by atoms with E-state index in [1.807, 2.05) is 0 Å². The first kappa shape index (κ1) is 10.9. The zero-order valence-corrected chi connectivity index (χ0v) is 7.59. The lowest BCUT2D eigenvalue weighted by Gasteiger charge is -2.04. The number of rotatable bonds is 3. The number of hydrogen-bond acceptors (Lipinski definition) is 5. The quantitative estimate of drug-likeness (QED) is 0.561. The highest BCUT2D eigenvalue weighted by molar-refractivity contribution is 7.92. The largest absolute Gasteiger partial charge is 0.464 e. The van der Waals surface area contributed by atoms with E-state index >= 15 is 0 Å². The molecule has 12 heavy (non-hydrogen) atoms. The van der Waals surface area contributed by atoms with Gasteiger partial charge in [0, 0.05) is 6.26 Å². The minimum Gasteiger partial charge on any atom is -0.464 e. The van der Waals surface area contributed by atoms with Gasteiger partial charge in [-0.3, -0.25) is 0 Å². The smallest absolute Gasteiger partial charge is 0.339 e. The Balaban J connectivity index is 4.62. The Morgan fingerprint density at radius 1 is 1.67 bits per heavy atom. The van der Waals surface area contributed by atoms with Crippen LogP contribution < -0.4 is 0 Å². The van der Waals surface area contributed by atoms with Crippen LogP contribution in [0.5, 0.6) is 0 Å². The topological polar surface area (TPSA) is 84.2 Å². The van der Waals surface area contributed by atoms with E-state index in [0.29, 0.717) is 0 Å². The van der Waals surface area contributed by atoms with E-state index in [1.165, 1.54) is 13.0 Å². The van der Waals surface area contributed by atoms with Crippen molar-refractivity contribution in [2.24, 2.45) is 0 Å². The van der Waals surface area contributed by atoms with E-state index in [0.717, 1.165) is 6.26 Å². The fourth-order valence-corrected chi connectivity index (χ4v) is 1.15. The molecule has 0 amide bonds. The van der Waals surface area contributed by atoms with Gasteiger partial charge in [-0.15, -0.1) is 0 Å². The van der Waals surface area contributed by atoms with Crippen LogP contribution in [0, 0.1) is 11.3 Å². The molecule has 0 rings (SSSR count). The molecular formula is C6H9NO4S. The molecule has 0 saturated heterocycles. The third-order valence-corrected chi connectivity index (χ3v) is 2.20. The van der Waals surface area contributed by atoms with Crippen molar-refractivity contribution < 1.29 is 17.9 Å². The highest BCUT2D eigenvalue weighted by Crippen LogP contribution is 2.00. The molecular weight excluding hydrogens is 182 g/mol. The Labute approximate surface area is 70.9 Å². The van der Waals surface area contributed by atoms with Gasteiger partial charge in [0.1, 0.15) is 0 Å². The van der Waals surface area contributed by atoms with Crippen LogP contribution in [0.15, 0.2) is 0 Å². The second-order valence-electron chi connectivity index (χ2n) is 2.09. The molecule has 0 aromatic rings. The third kappa shape index (κ3) is 2.88. The van der Waals surface area contributed by atoms with Gasteiger partial charge in [-0.05, 0) is 6.92 Å². The average molecular weight is 191 g/mol. The predicted molar refractivity (Wildman–Crippen MR) is 40.9 cm³/mol. The fraction of sp³-hybridized carbons (Fsp3) is 0.667. The molecule has 68 valence electrons. The van der Waals surface area contributed by atoms with Crippen molar-refractivity contribution in [2.45, 2.75) is 12.2 Å². The van der Waals surface area contributed by atoms with Crippen molar-refractivity contribution in [3.8, 4) is 6.07 Å². The molecule has 5 nitrogen and oxygen atoms in total. The summed E-state index contributed by atoms with van der Waals surface area (Å²) in [5, 5.41) is 6.63. The Morgan fingerprint density at radius 3 is 2.42 bits per heavy atom. The maximum absolute atomic E-state index is 10.8. The molecule has 0 aliphatic heterocycles. The van der Waals surface area contributed by atoms with Gasteiger partial charge >= 0.3 is 5.97 Å². The minimum atomic E-state index is -3.67. The minimum absolute atomic E-state index is 0.0620. The third-order valence-electron chi connectivity index (χ3n) is 1.05. The molecule has 1 atom stereocenters. The summed E-state index contributed by atoms with van der Waals surface area (Å²) >= 11 is 0. The summed E-state index contributed by atoms with van der Waals surface area (Å²) < 4.78 is 25.9. The monoisotopic (exact) mass is 191 g/mol. The lowest BCUT2D eigenvalue weighted by Crippen LogP contribution is -2.29. The van der Waals surface area contributed by atoms with Crippen LogP contribution in [0.3, 0.4) is 0 Å².